The van der Waals surface area contributed by atoms with E-state index < -0.39 is 14.1 Å². The second kappa shape index (κ2) is 11.5. The molecule has 0 spiro atoms. The Morgan fingerprint density at radius 2 is 1.10 bits per heavy atom. The summed E-state index contributed by atoms with van der Waals surface area (Å²) < 4.78 is 0. The highest BCUT2D eigenvalue weighted by molar-refractivity contribution is 6.76. The standard InChI is InChI=1S/C13H20N.2C8H5.Al/c1-9(2)11-7-6-8-12(10(3)4)13(11)14-5;2*1-2-8-6-4-3-5-7-8;/h6-10,14H,5H2,1-4H3;2*3-7H;. The summed E-state index contributed by atoms with van der Waals surface area (Å²) in [6.07, 6.45) is 0. The Bertz CT molecular complexity index is 1010. The van der Waals surface area contributed by atoms with E-state index in [4.69, 9.17) is 0 Å². The Kier molecular flexibility index (Phi) is 8.45. The SMILES string of the molecule is CC(C)c1cccc(C(C)C)c1N[CH2][Al]([C]#Cc1ccccc1)[C]#Cc1ccccc1. The van der Waals surface area contributed by atoms with Crippen molar-refractivity contribution in [2.75, 3.05) is 10.7 Å². The Hall–Kier alpha value is -2.89. The molecule has 0 aliphatic heterocycles. The minimum absolute atomic E-state index is 0.465. The topological polar surface area (TPSA) is 12.0 Å². The van der Waals surface area contributed by atoms with Gasteiger partial charge in [0.1, 0.15) is 0 Å². The number of nitrogens with one attached hydrogen (secondary N) is 1. The average molecular weight is 420 g/mol. The molecule has 0 unspecified atom stereocenters. The van der Waals surface area contributed by atoms with Crippen molar-refractivity contribution in [3.63, 3.8) is 0 Å². The van der Waals surface area contributed by atoms with E-state index in [2.05, 4.69) is 96.9 Å². The normalized spacial score (nSPS) is 10.1. The molecule has 3 aromatic rings. The van der Waals surface area contributed by atoms with Gasteiger partial charge in [-0.2, -0.15) is 9.56 Å². The van der Waals surface area contributed by atoms with Crippen molar-refractivity contribution in [1.29, 1.82) is 0 Å². The highest BCUT2D eigenvalue weighted by Crippen LogP contribution is 2.32. The third kappa shape index (κ3) is 6.81. The van der Waals surface area contributed by atoms with Crippen LogP contribution < -0.4 is 5.32 Å². The van der Waals surface area contributed by atoms with Gasteiger partial charge in [-0.05, 0) is 52.6 Å². The molecule has 0 heterocycles. The summed E-state index contributed by atoms with van der Waals surface area (Å²) in [6, 6.07) is 27.0. The first-order valence-electron chi connectivity index (χ1n) is 11.0. The molecule has 0 radical (unpaired) electrons. The van der Waals surface area contributed by atoms with Crippen LogP contribution in [-0.4, -0.2) is 19.6 Å². The maximum atomic E-state index is 3.77. The van der Waals surface area contributed by atoms with Gasteiger partial charge in [0.15, 0.2) is 0 Å². The van der Waals surface area contributed by atoms with Crippen molar-refractivity contribution in [1.82, 2.24) is 0 Å². The maximum absolute atomic E-state index is 3.77. The van der Waals surface area contributed by atoms with E-state index >= 15 is 0 Å². The van der Waals surface area contributed by atoms with E-state index in [1.54, 1.807) is 0 Å². The Balaban J connectivity index is 1.89. The molecule has 2 heteroatoms. The predicted molar refractivity (Wildman–Crippen MR) is 136 cm³/mol. The Morgan fingerprint density at radius 1 is 0.645 bits per heavy atom. The van der Waals surface area contributed by atoms with E-state index in [1.807, 2.05) is 36.4 Å². The second-order valence-electron chi connectivity index (χ2n) is 8.33. The number of anilines is 1. The number of hydrogen-bond acceptors (Lipinski definition) is 1. The van der Waals surface area contributed by atoms with Gasteiger partial charge >= 0.3 is 14.1 Å². The van der Waals surface area contributed by atoms with Crippen LogP contribution in [0.4, 0.5) is 5.69 Å². The number of para-hydroxylation sites is 1. The second-order valence-corrected chi connectivity index (χ2v) is 10.4. The van der Waals surface area contributed by atoms with Gasteiger partial charge in [-0.25, -0.2) is 0 Å². The lowest BCUT2D eigenvalue weighted by atomic mass is 9.93. The van der Waals surface area contributed by atoms with Crippen molar-refractivity contribution in [2.24, 2.45) is 0 Å². The molecule has 0 saturated heterocycles. The van der Waals surface area contributed by atoms with Gasteiger partial charge in [0, 0.05) is 16.8 Å². The zero-order valence-corrected chi connectivity index (χ0v) is 20.1. The summed E-state index contributed by atoms with van der Waals surface area (Å²) in [7, 11) is 0. The van der Waals surface area contributed by atoms with E-state index in [1.165, 1.54) is 16.8 Å². The molecular formula is C29H30AlN. The molecule has 1 nitrogen and oxygen atoms in total. The van der Waals surface area contributed by atoms with E-state index in [9.17, 15) is 0 Å². The minimum Gasteiger partial charge on any atom is -0.396 e. The molecule has 0 atom stereocenters. The summed E-state index contributed by atoms with van der Waals surface area (Å²) in [5.41, 5.74) is 6.10. The van der Waals surface area contributed by atoms with Crippen LogP contribution in [0.5, 0.6) is 0 Å². The first-order chi connectivity index (χ1) is 15.0. The van der Waals surface area contributed by atoms with Crippen molar-refractivity contribution in [3.05, 3.63) is 101 Å². The Labute approximate surface area is 192 Å². The van der Waals surface area contributed by atoms with E-state index in [-0.39, 0.29) is 0 Å². The van der Waals surface area contributed by atoms with Gasteiger partial charge in [0.05, 0.1) is 0 Å². The van der Waals surface area contributed by atoms with Gasteiger partial charge in [-0.15, -0.1) is 0 Å². The van der Waals surface area contributed by atoms with Crippen LogP contribution in [-0.2, 0) is 0 Å². The largest absolute Gasteiger partial charge is 0.496 e. The summed E-state index contributed by atoms with van der Waals surface area (Å²) in [6.45, 7) is 9.02. The maximum Gasteiger partial charge on any atom is 0.496 e. The number of benzene rings is 3. The molecule has 154 valence electrons. The van der Waals surface area contributed by atoms with Crippen LogP contribution in [0.1, 0.15) is 61.8 Å². The van der Waals surface area contributed by atoms with Crippen LogP contribution in [0.2, 0.25) is 0 Å². The third-order valence-electron chi connectivity index (χ3n) is 5.18. The van der Waals surface area contributed by atoms with Crippen LogP contribution >= 0.6 is 0 Å². The van der Waals surface area contributed by atoms with Gasteiger partial charge in [0.25, 0.3) is 0 Å². The van der Waals surface area contributed by atoms with Gasteiger partial charge in [-0.1, -0.05) is 94.1 Å². The number of rotatable bonds is 5. The summed E-state index contributed by atoms with van der Waals surface area (Å²) in [5.74, 6) is 7.65. The molecule has 3 aromatic carbocycles. The lowest BCUT2D eigenvalue weighted by Crippen LogP contribution is -2.23. The lowest BCUT2D eigenvalue weighted by Gasteiger charge is -2.21. The molecule has 0 aromatic heterocycles. The molecule has 0 aliphatic carbocycles. The van der Waals surface area contributed by atoms with Crippen LogP contribution in [0.15, 0.2) is 78.9 Å². The quantitative estimate of drug-likeness (QED) is 0.365. The van der Waals surface area contributed by atoms with Gasteiger partial charge < -0.3 is 5.32 Å². The van der Waals surface area contributed by atoms with Crippen molar-refractivity contribution in [3.8, 4) is 21.4 Å². The average Bonchev–Trinajstić information content (AvgIpc) is 2.79. The predicted octanol–water partition coefficient (Wildman–Crippen LogP) is 6.56. The van der Waals surface area contributed by atoms with Crippen LogP contribution in [0.25, 0.3) is 0 Å². The first-order valence-corrected chi connectivity index (χ1v) is 13.0. The zero-order chi connectivity index (χ0) is 22.1. The highest BCUT2D eigenvalue weighted by Gasteiger charge is 2.18. The van der Waals surface area contributed by atoms with Crippen molar-refractivity contribution >= 4 is 19.8 Å². The van der Waals surface area contributed by atoms with Crippen molar-refractivity contribution < 1.29 is 0 Å². The molecule has 0 aliphatic rings. The van der Waals surface area contributed by atoms with Gasteiger partial charge in [0.2, 0.25) is 0 Å². The van der Waals surface area contributed by atoms with E-state index in [0.717, 1.165) is 16.5 Å². The fourth-order valence-electron chi connectivity index (χ4n) is 3.48. The third-order valence-corrected chi connectivity index (χ3v) is 6.78. The summed E-state index contributed by atoms with van der Waals surface area (Å²) in [5, 5.41) is 4.60. The van der Waals surface area contributed by atoms with Crippen LogP contribution in [0.3, 0.4) is 0 Å². The molecule has 3 rings (SSSR count). The molecular weight excluding hydrogens is 389 g/mol. The van der Waals surface area contributed by atoms with E-state index in [0.29, 0.717) is 11.8 Å². The minimum atomic E-state index is -1.68. The van der Waals surface area contributed by atoms with Crippen molar-refractivity contribution in [2.45, 2.75) is 39.5 Å². The molecule has 0 amide bonds. The summed E-state index contributed by atoms with van der Waals surface area (Å²) >= 11 is -1.68. The molecule has 0 bridgehead atoms. The first kappa shape index (κ1) is 22.8. The molecule has 0 fully saturated rings. The smallest absolute Gasteiger partial charge is 0.396 e. The molecule has 0 saturated carbocycles. The summed E-state index contributed by atoms with van der Waals surface area (Å²) in [4.78, 5) is 7.05. The van der Waals surface area contributed by atoms with Gasteiger partial charge in [-0.3, -0.25) is 0 Å². The zero-order valence-electron chi connectivity index (χ0n) is 18.9. The van der Waals surface area contributed by atoms with Crippen LogP contribution in [0, 0.1) is 21.4 Å². The fraction of sp³-hybridized carbons (Fsp3) is 0.241. The fourth-order valence-corrected chi connectivity index (χ4v) is 4.85. The molecule has 1 N–H and O–H groups in total. The highest BCUT2D eigenvalue weighted by atomic mass is 27.2. The lowest BCUT2D eigenvalue weighted by molar-refractivity contribution is 0.836. The Morgan fingerprint density at radius 3 is 1.52 bits per heavy atom. The molecule has 31 heavy (non-hydrogen) atoms. The monoisotopic (exact) mass is 419 g/mol. The number of hydrogen-bond donors (Lipinski definition) is 1.